The number of piperidine rings is 1. The third-order valence-electron chi connectivity index (χ3n) is 3.60. The minimum atomic E-state index is -0.428. The Morgan fingerprint density at radius 3 is 2.76 bits per heavy atom. The van der Waals surface area contributed by atoms with Crippen LogP contribution in [0.15, 0.2) is 0 Å². The van der Waals surface area contributed by atoms with E-state index in [1.807, 2.05) is 25.7 Å². The molecule has 3 atom stereocenters. The zero-order valence-corrected chi connectivity index (χ0v) is 10.8. The molecule has 1 saturated carbocycles. The third-order valence-corrected chi connectivity index (χ3v) is 3.60. The van der Waals surface area contributed by atoms with E-state index < -0.39 is 5.60 Å². The zero-order valence-electron chi connectivity index (χ0n) is 10.8. The van der Waals surface area contributed by atoms with E-state index >= 15 is 0 Å². The van der Waals surface area contributed by atoms with Crippen LogP contribution in [0.25, 0.3) is 0 Å². The monoisotopic (exact) mass is 239 g/mol. The second-order valence-corrected chi connectivity index (χ2v) is 6.02. The van der Waals surface area contributed by atoms with E-state index in [0.717, 1.165) is 25.7 Å². The number of hydrogen-bond acceptors (Lipinski definition) is 3. The van der Waals surface area contributed by atoms with Crippen LogP contribution >= 0.6 is 0 Å². The lowest BCUT2D eigenvalue weighted by Gasteiger charge is -2.26. The fraction of sp³-hybridized carbons (Fsp3) is 0.846. The lowest BCUT2D eigenvalue weighted by Crippen LogP contribution is -2.37. The molecule has 4 nitrogen and oxygen atoms in total. The molecule has 4 heteroatoms. The predicted octanol–water partition coefficient (Wildman–Crippen LogP) is 2.22. The number of rotatable bonds is 3. The van der Waals surface area contributed by atoms with Gasteiger partial charge < -0.3 is 14.4 Å². The fourth-order valence-electron chi connectivity index (χ4n) is 2.89. The number of likely N-dealkylation sites (tertiary alicyclic amines) is 1. The van der Waals surface area contributed by atoms with E-state index in [4.69, 9.17) is 4.74 Å². The van der Waals surface area contributed by atoms with Crippen LogP contribution in [0.3, 0.4) is 0 Å². The normalized spacial score (nSPS) is 31.0. The number of aldehydes is 1. The van der Waals surface area contributed by atoms with Crippen molar-refractivity contribution in [2.45, 2.75) is 51.7 Å². The van der Waals surface area contributed by atoms with Crippen LogP contribution in [0, 0.1) is 11.8 Å². The number of nitrogens with zero attached hydrogens (tertiary/aromatic N) is 1. The molecule has 1 heterocycles. The molecule has 1 aliphatic heterocycles. The van der Waals surface area contributed by atoms with E-state index in [-0.39, 0.29) is 6.09 Å². The number of carbonyl (C=O) groups is 2. The van der Waals surface area contributed by atoms with Gasteiger partial charge in [0.1, 0.15) is 11.9 Å². The maximum atomic E-state index is 12.0. The number of ether oxygens (including phenoxy) is 1. The highest BCUT2D eigenvalue weighted by molar-refractivity contribution is 5.70. The maximum absolute atomic E-state index is 12.0. The Hall–Kier alpha value is -1.06. The SMILES string of the molecule is CC(C)(C)OC(=O)N1CC[C@@H]2C(CCC=O)[C@@H]21. The minimum Gasteiger partial charge on any atom is -0.444 e. The maximum Gasteiger partial charge on any atom is 0.410 e. The summed E-state index contributed by atoms with van der Waals surface area (Å²) in [7, 11) is 0. The molecule has 17 heavy (non-hydrogen) atoms. The van der Waals surface area contributed by atoms with Crippen LogP contribution in [0.1, 0.15) is 40.0 Å². The predicted molar refractivity (Wildman–Crippen MR) is 63.6 cm³/mol. The van der Waals surface area contributed by atoms with Crippen molar-refractivity contribution in [3.63, 3.8) is 0 Å². The molecule has 1 saturated heterocycles. The van der Waals surface area contributed by atoms with Gasteiger partial charge in [0.05, 0.1) is 0 Å². The van der Waals surface area contributed by atoms with E-state index in [1.54, 1.807) is 0 Å². The zero-order chi connectivity index (χ0) is 12.6. The largest absolute Gasteiger partial charge is 0.444 e. The summed E-state index contributed by atoms with van der Waals surface area (Å²) in [6.45, 7) is 6.46. The van der Waals surface area contributed by atoms with Crippen molar-refractivity contribution in [2.24, 2.45) is 11.8 Å². The summed E-state index contributed by atoms with van der Waals surface area (Å²) in [6, 6.07) is 0.338. The van der Waals surface area contributed by atoms with Crippen molar-refractivity contribution in [3.05, 3.63) is 0 Å². The Morgan fingerprint density at radius 2 is 2.18 bits per heavy atom. The molecule has 0 aromatic rings. The topological polar surface area (TPSA) is 46.6 Å². The highest BCUT2D eigenvalue weighted by atomic mass is 16.6. The first-order chi connectivity index (χ1) is 7.94. The van der Waals surface area contributed by atoms with Gasteiger partial charge in [-0.05, 0) is 45.4 Å². The van der Waals surface area contributed by atoms with Gasteiger partial charge in [0, 0.05) is 19.0 Å². The van der Waals surface area contributed by atoms with Gasteiger partial charge in [-0.15, -0.1) is 0 Å². The Balaban J connectivity index is 1.87. The Kier molecular flexibility index (Phi) is 3.15. The third kappa shape index (κ3) is 2.61. The molecule has 96 valence electrons. The second kappa shape index (κ2) is 4.31. The van der Waals surface area contributed by atoms with Crippen LogP contribution in [0.2, 0.25) is 0 Å². The number of hydrogen-bond donors (Lipinski definition) is 0. The number of amides is 1. The summed E-state index contributed by atoms with van der Waals surface area (Å²) in [5.41, 5.74) is -0.428. The van der Waals surface area contributed by atoms with Crippen LogP contribution in [-0.2, 0) is 9.53 Å². The minimum absolute atomic E-state index is 0.196. The van der Waals surface area contributed by atoms with E-state index in [0.29, 0.717) is 24.3 Å². The van der Waals surface area contributed by atoms with Gasteiger partial charge in [0.25, 0.3) is 0 Å². The smallest absolute Gasteiger partial charge is 0.410 e. The quantitative estimate of drug-likeness (QED) is 0.709. The van der Waals surface area contributed by atoms with Gasteiger partial charge in [-0.1, -0.05) is 0 Å². The van der Waals surface area contributed by atoms with Crippen molar-refractivity contribution in [1.82, 2.24) is 4.90 Å². The average Bonchev–Trinajstić information content (AvgIpc) is 2.69. The summed E-state index contributed by atoms with van der Waals surface area (Å²) in [4.78, 5) is 24.2. The van der Waals surface area contributed by atoms with Gasteiger partial charge in [0.15, 0.2) is 0 Å². The lowest BCUT2D eigenvalue weighted by atomic mass is 10.1. The van der Waals surface area contributed by atoms with Crippen molar-refractivity contribution in [1.29, 1.82) is 0 Å². The molecule has 0 radical (unpaired) electrons. The fourth-order valence-corrected chi connectivity index (χ4v) is 2.89. The molecule has 2 fully saturated rings. The standard InChI is InChI=1S/C13H21NO3/c1-13(2,3)17-12(16)14-7-6-10-9(11(10)14)5-4-8-15/h8-11H,4-7H2,1-3H3/t9?,10-,11+/m1/s1. The molecule has 1 amide bonds. The van der Waals surface area contributed by atoms with E-state index in [2.05, 4.69) is 0 Å². The number of carbonyl (C=O) groups excluding carboxylic acids is 2. The summed E-state index contributed by atoms with van der Waals surface area (Å²) < 4.78 is 5.39. The Bertz CT molecular complexity index is 321. The van der Waals surface area contributed by atoms with Gasteiger partial charge in [-0.3, -0.25) is 0 Å². The highest BCUT2D eigenvalue weighted by Gasteiger charge is 2.58. The molecule has 1 aliphatic carbocycles. The van der Waals surface area contributed by atoms with Gasteiger partial charge >= 0.3 is 6.09 Å². The lowest BCUT2D eigenvalue weighted by molar-refractivity contribution is -0.108. The second-order valence-electron chi connectivity index (χ2n) is 6.02. The van der Waals surface area contributed by atoms with Crippen molar-refractivity contribution in [2.75, 3.05) is 6.54 Å². The molecule has 1 unspecified atom stereocenters. The Labute approximate surface area is 102 Å². The molecule has 0 N–H and O–H groups in total. The first kappa shape index (κ1) is 12.4. The Morgan fingerprint density at radius 1 is 1.47 bits per heavy atom. The summed E-state index contributed by atoms with van der Waals surface area (Å²) >= 11 is 0. The van der Waals surface area contributed by atoms with Gasteiger partial charge in [-0.25, -0.2) is 4.79 Å². The molecular weight excluding hydrogens is 218 g/mol. The van der Waals surface area contributed by atoms with Gasteiger partial charge in [-0.2, -0.15) is 0 Å². The van der Waals surface area contributed by atoms with Crippen LogP contribution < -0.4 is 0 Å². The molecule has 2 rings (SSSR count). The average molecular weight is 239 g/mol. The molecule has 0 aromatic heterocycles. The van der Waals surface area contributed by atoms with Crippen LogP contribution in [0.5, 0.6) is 0 Å². The molecule has 0 bridgehead atoms. The highest BCUT2D eigenvalue weighted by Crippen LogP contribution is 2.53. The van der Waals surface area contributed by atoms with Crippen LogP contribution in [-0.4, -0.2) is 35.5 Å². The van der Waals surface area contributed by atoms with Crippen molar-refractivity contribution >= 4 is 12.4 Å². The molecular formula is C13H21NO3. The van der Waals surface area contributed by atoms with Gasteiger partial charge in [0.2, 0.25) is 0 Å². The molecule has 2 aliphatic rings. The number of fused-ring (bicyclic) bond motifs is 1. The summed E-state index contributed by atoms with van der Waals surface area (Å²) in [6.07, 6.45) is 3.36. The van der Waals surface area contributed by atoms with Crippen molar-refractivity contribution < 1.29 is 14.3 Å². The van der Waals surface area contributed by atoms with Crippen LogP contribution in [0.4, 0.5) is 4.79 Å². The van der Waals surface area contributed by atoms with E-state index in [9.17, 15) is 9.59 Å². The van der Waals surface area contributed by atoms with E-state index in [1.165, 1.54) is 0 Å². The molecule has 0 spiro atoms. The molecule has 0 aromatic carbocycles. The van der Waals surface area contributed by atoms with Crippen molar-refractivity contribution in [3.8, 4) is 0 Å². The first-order valence-corrected chi connectivity index (χ1v) is 6.37. The summed E-state index contributed by atoms with van der Waals surface area (Å²) in [5, 5.41) is 0. The summed E-state index contributed by atoms with van der Waals surface area (Å²) in [5.74, 6) is 1.14. The first-order valence-electron chi connectivity index (χ1n) is 6.37.